The molecule has 29 heavy (non-hydrogen) atoms. The lowest BCUT2D eigenvalue weighted by Gasteiger charge is -2.36. The predicted molar refractivity (Wildman–Crippen MR) is 112 cm³/mol. The highest BCUT2D eigenvalue weighted by molar-refractivity contribution is 5.89. The number of amides is 2. The van der Waals surface area contributed by atoms with E-state index in [4.69, 9.17) is 0 Å². The van der Waals surface area contributed by atoms with E-state index in [-0.39, 0.29) is 11.8 Å². The van der Waals surface area contributed by atoms with E-state index in [0.29, 0.717) is 31.9 Å². The fourth-order valence-electron chi connectivity index (χ4n) is 3.86. The second kappa shape index (κ2) is 8.63. The van der Waals surface area contributed by atoms with Crippen LogP contribution in [0.15, 0.2) is 30.3 Å². The molecule has 0 radical (unpaired) electrons. The molecule has 2 saturated heterocycles. The van der Waals surface area contributed by atoms with Crippen molar-refractivity contribution in [2.24, 2.45) is 0 Å². The number of rotatable bonds is 3. The van der Waals surface area contributed by atoms with Crippen LogP contribution in [0.3, 0.4) is 0 Å². The van der Waals surface area contributed by atoms with Crippen molar-refractivity contribution >= 4 is 23.4 Å². The third kappa shape index (κ3) is 4.75. The zero-order chi connectivity index (χ0) is 20.2. The van der Waals surface area contributed by atoms with Crippen molar-refractivity contribution in [2.75, 3.05) is 54.4 Å². The fraction of sp³-hybridized carbons (Fsp3) is 0.476. The Kier molecular flexibility index (Phi) is 5.78. The molecule has 4 rings (SSSR count). The number of nitrogens with zero attached hydrogens (tertiary/aromatic N) is 5. The van der Waals surface area contributed by atoms with Gasteiger partial charge in [0, 0.05) is 51.0 Å². The van der Waals surface area contributed by atoms with Gasteiger partial charge in [-0.15, -0.1) is 0 Å². The van der Waals surface area contributed by atoms with Crippen molar-refractivity contribution in [2.45, 2.75) is 26.2 Å². The summed E-state index contributed by atoms with van der Waals surface area (Å²) >= 11 is 0. The molecule has 1 aromatic heterocycles. The normalized spacial score (nSPS) is 17.4. The van der Waals surface area contributed by atoms with Crippen LogP contribution in [0.25, 0.3) is 0 Å². The number of halogens is 1. The third-order valence-corrected chi connectivity index (χ3v) is 5.48. The Labute approximate surface area is 170 Å². The Hall–Kier alpha value is -2.90. The van der Waals surface area contributed by atoms with Gasteiger partial charge in [0.2, 0.25) is 0 Å². The standard InChI is InChI=1S/C21H27FN6O/c1-16-23-19(26-9-3-2-4-10-26)15-20(24-16)27-11-13-28(14-12-27)21(29)25-18-7-5-17(22)6-8-18/h5-8,15H,2-4,9-14H2,1H3,(H,25,29). The summed E-state index contributed by atoms with van der Waals surface area (Å²) < 4.78 is 13.0. The fourth-order valence-corrected chi connectivity index (χ4v) is 3.86. The molecule has 0 saturated carbocycles. The molecule has 3 heterocycles. The highest BCUT2D eigenvalue weighted by Crippen LogP contribution is 2.23. The lowest BCUT2D eigenvalue weighted by atomic mass is 10.1. The number of nitrogens with one attached hydrogen (secondary N) is 1. The first-order valence-corrected chi connectivity index (χ1v) is 10.3. The third-order valence-electron chi connectivity index (χ3n) is 5.48. The molecule has 2 aliphatic rings. The Bertz CT molecular complexity index is 845. The monoisotopic (exact) mass is 398 g/mol. The average molecular weight is 398 g/mol. The van der Waals surface area contributed by atoms with E-state index in [1.54, 1.807) is 17.0 Å². The molecule has 0 spiro atoms. The minimum atomic E-state index is -0.319. The molecule has 2 fully saturated rings. The number of hydrogen-bond donors (Lipinski definition) is 1. The molecule has 0 unspecified atom stereocenters. The second-order valence-corrected chi connectivity index (χ2v) is 7.59. The van der Waals surface area contributed by atoms with Crippen LogP contribution >= 0.6 is 0 Å². The van der Waals surface area contributed by atoms with Crippen LogP contribution in [-0.2, 0) is 0 Å². The zero-order valence-electron chi connectivity index (χ0n) is 16.8. The van der Waals surface area contributed by atoms with Gasteiger partial charge in [0.25, 0.3) is 0 Å². The Morgan fingerprint density at radius 2 is 1.48 bits per heavy atom. The molecular formula is C21H27FN6O. The molecular weight excluding hydrogens is 371 g/mol. The van der Waals surface area contributed by atoms with E-state index < -0.39 is 0 Å². The van der Waals surface area contributed by atoms with Gasteiger partial charge in [0.05, 0.1) is 0 Å². The first-order valence-electron chi connectivity index (χ1n) is 10.3. The van der Waals surface area contributed by atoms with Crippen molar-refractivity contribution < 1.29 is 9.18 Å². The van der Waals surface area contributed by atoms with Gasteiger partial charge in [0.1, 0.15) is 23.3 Å². The van der Waals surface area contributed by atoms with Crippen LogP contribution < -0.4 is 15.1 Å². The number of hydrogen-bond acceptors (Lipinski definition) is 5. The predicted octanol–water partition coefficient (Wildman–Crippen LogP) is 3.27. The van der Waals surface area contributed by atoms with Crippen LogP contribution in [0.2, 0.25) is 0 Å². The van der Waals surface area contributed by atoms with Crippen molar-refractivity contribution in [1.82, 2.24) is 14.9 Å². The van der Waals surface area contributed by atoms with Crippen LogP contribution in [0.4, 0.5) is 26.5 Å². The van der Waals surface area contributed by atoms with Gasteiger partial charge >= 0.3 is 6.03 Å². The first-order chi connectivity index (χ1) is 14.1. The summed E-state index contributed by atoms with van der Waals surface area (Å²) in [5, 5.41) is 2.82. The van der Waals surface area contributed by atoms with Gasteiger partial charge in [0.15, 0.2) is 0 Å². The number of carbonyl (C=O) groups is 1. The summed E-state index contributed by atoms with van der Waals surface area (Å²) in [4.78, 5) is 28.1. The van der Waals surface area contributed by atoms with Crippen LogP contribution in [-0.4, -0.2) is 60.2 Å². The lowest BCUT2D eigenvalue weighted by molar-refractivity contribution is 0.208. The summed E-state index contributed by atoms with van der Waals surface area (Å²) in [5.74, 6) is 2.39. The first kappa shape index (κ1) is 19.4. The maximum absolute atomic E-state index is 13.0. The summed E-state index contributed by atoms with van der Waals surface area (Å²) in [6.07, 6.45) is 3.70. The van der Waals surface area contributed by atoms with E-state index in [2.05, 4.69) is 31.2 Å². The molecule has 0 aliphatic carbocycles. The van der Waals surface area contributed by atoms with Gasteiger partial charge in [-0.05, 0) is 50.5 Å². The topological polar surface area (TPSA) is 64.6 Å². The quantitative estimate of drug-likeness (QED) is 0.860. The van der Waals surface area contributed by atoms with E-state index in [0.717, 1.165) is 30.5 Å². The number of piperazine rings is 1. The number of carbonyl (C=O) groups excluding carboxylic acids is 1. The van der Waals surface area contributed by atoms with Crippen molar-refractivity contribution in [1.29, 1.82) is 0 Å². The van der Waals surface area contributed by atoms with E-state index >= 15 is 0 Å². The van der Waals surface area contributed by atoms with Gasteiger partial charge in [-0.3, -0.25) is 0 Å². The molecule has 1 aromatic carbocycles. The van der Waals surface area contributed by atoms with Gasteiger partial charge in [-0.1, -0.05) is 0 Å². The molecule has 154 valence electrons. The summed E-state index contributed by atoms with van der Waals surface area (Å²) in [5.41, 5.74) is 0.594. The number of aromatic nitrogens is 2. The van der Waals surface area contributed by atoms with E-state index in [9.17, 15) is 9.18 Å². The Morgan fingerprint density at radius 1 is 0.897 bits per heavy atom. The smallest absolute Gasteiger partial charge is 0.321 e. The maximum Gasteiger partial charge on any atom is 0.321 e. The molecule has 2 aromatic rings. The molecule has 7 nitrogen and oxygen atoms in total. The summed E-state index contributed by atoms with van der Waals surface area (Å²) in [7, 11) is 0. The SMILES string of the molecule is Cc1nc(N2CCCCC2)cc(N2CCN(C(=O)Nc3ccc(F)cc3)CC2)n1. The molecule has 2 amide bonds. The number of urea groups is 1. The van der Waals surface area contributed by atoms with Crippen molar-refractivity contribution in [3.8, 4) is 0 Å². The average Bonchev–Trinajstić information content (AvgIpc) is 2.75. The van der Waals surface area contributed by atoms with Crippen LogP contribution in [0, 0.1) is 12.7 Å². The highest BCUT2D eigenvalue weighted by Gasteiger charge is 2.23. The number of aryl methyl sites for hydroxylation is 1. The largest absolute Gasteiger partial charge is 0.356 e. The number of anilines is 3. The Balaban J connectivity index is 1.37. The molecule has 8 heteroatoms. The van der Waals surface area contributed by atoms with Gasteiger partial charge < -0.3 is 20.0 Å². The highest BCUT2D eigenvalue weighted by atomic mass is 19.1. The van der Waals surface area contributed by atoms with Gasteiger partial charge in [-0.2, -0.15) is 0 Å². The van der Waals surface area contributed by atoms with Gasteiger partial charge in [-0.25, -0.2) is 19.2 Å². The Morgan fingerprint density at radius 3 is 2.10 bits per heavy atom. The lowest BCUT2D eigenvalue weighted by Crippen LogP contribution is -2.50. The number of benzene rings is 1. The second-order valence-electron chi connectivity index (χ2n) is 7.59. The summed E-state index contributed by atoms with van der Waals surface area (Å²) in [6, 6.07) is 7.72. The van der Waals surface area contributed by atoms with Crippen LogP contribution in [0.5, 0.6) is 0 Å². The summed E-state index contributed by atoms with van der Waals surface area (Å²) in [6.45, 7) is 6.67. The zero-order valence-corrected chi connectivity index (χ0v) is 16.8. The van der Waals surface area contributed by atoms with Crippen molar-refractivity contribution in [3.63, 3.8) is 0 Å². The molecule has 2 aliphatic heterocycles. The van der Waals surface area contributed by atoms with E-state index in [1.165, 1.54) is 31.4 Å². The maximum atomic E-state index is 13.0. The molecule has 0 atom stereocenters. The number of piperidine rings is 1. The minimum Gasteiger partial charge on any atom is -0.356 e. The van der Waals surface area contributed by atoms with Crippen molar-refractivity contribution in [3.05, 3.63) is 42.0 Å². The van der Waals surface area contributed by atoms with E-state index in [1.807, 2.05) is 6.92 Å². The van der Waals surface area contributed by atoms with Crippen LogP contribution in [0.1, 0.15) is 25.1 Å². The molecule has 0 bridgehead atoms. The minimum absolute atomic E-state index is 0.163. The molecule has 1 N–H and O–H groups in total.